The molecule has 1 N–H and O–H groups in total. The second-order valence-electron chi connectivity index (χ2n) is 7.09. The first-order chi connectivity index (χ1) is 13.9. The molecule has 0 atom stereocenters. The Kier molecular flexibility index (Phi) is 5.08. The molecule has 2 heterocycles. The molecule has 9 heteroatoms. The van der Waals surface area contributed by atoms with Crippen molar-refractivity contribution >= 4 is 16.6 Å². The van der Waals surface area contributed by atoms with E-state index in [1.54, 1.807) is 6.07 Å². The highest BCUT2D eigenvalue weighted by Crippen LogP contribution is 2.21. The molecular formula is C20H19FN4O4. The third kappa shape index (κ3) is 3.74. The van der Waals surface area contributed by atoms with E-state index in [-0.39, 0.29) is 22.9 Å². The Hall–Kier alpha value is -3.17. The fourth-order valence-corrected chi connectivity index (χ4v) is 3.60. The summed E-state index contributed by atoms with van der Waals surface area (Å²) >= 11 is 0. The smallest absolute Gasteiger partial charge is 0.270 e. The van der Waals surface area contributed by atoms with Crippen LogP contribution >= 0.6 is 0 Å². The van der Waals surface area contributed by atoms with Gasteiger partial charge in [0.25, 0.3) is 11.2 Å². The zero-order valence-electron chi connectivity index (χ0n) is 15.5. The van der Waals surface area contributed by atoms with Crippen molar-refractivity contribution in [1.82, 2.24) is 14.5 Å². The minimum Gasteiger partial charge on any atom is -0.393 e. The highest BCUT2D eigenvalue weighted by Gasteiger charge is 2.22. The standard InChI is InChI=1S/C20H19FN4O4/c21-16-3-1-2-4-18(16)24-19(12-23-9-7-14(26)8-10-23)22-17-6-5-13(25(28)29)11-15(17)20(24)27/h1-6,11,14,26H,7-10,12H2. The number of nitrogens with zero attached hydrogens (tertiary/aromatic N) is 4. The molecule has 1 aromatic heterocycles. The van der Waals surface area contributed by atoms with E-state index in [1.807, 2.05) is 4.90 Å². The lowest BCUT2D eigenvalue weighted by atomic mass is 10.1. The average molecular weight is 398 g/mol. The summed E-state index contributed by atoms with van der Waals surface area (Å²) in [6.45, 7) is 1.56. The van der Waals surface area contributed by atoms with Crippen LogP contribution in [-0.4, -0.2) is 43.7 Å². The number of nitro benzene ring substituents is 1. The molecule has 1 saturated heterocycles. The molecule has 0 amide bonds. The molecule has 0 radical (unpaired) electrons. The number of hydrogen-bond donors (Lipinski definition) is 1. The number of nitro groups is 1. The van der Waals surface area contributed by atoms with Crippen molar-refractivity contribution in [2.24, 2.45) is 0 Å². The van der Waals surface area contributed by atoms with Crippen LogP contribution < -0.4 is 5.56 Å². The molecule has 4 rings (SSSR count). The van der Waals surface area contributed by atoms with Gasteiger partial charge >= 0.3 is 0 Å². The largest absolute Gasteiger partial charge is 0.393 e. The lowest BCUT2D eigenvalue weighted by molar-refractivity contribution is -0.384. The van der Waals surface area contributed by atoms with E-state index in [4.69, 9.17) is 0 Å². The molecule has 3 aromatic rings. The van der Waals surface area contributed by atoms with E-state index in [1.165, 1.54) is 41.0 Å². The Bertz CT molecular complexity index is 1140. The molecule has 2 aromatic carbocycles. The van der Waals surface area contributed by atoms with Gasteiger partial charge in [0.15, 0.2) is 0 Å². The van der Waals surface area contributed by atoms with Crippen LogP contribution in [0.5, 0.6) is 0 Å². The third-order valence-corrected chi connectivity index (χ3v) is 5.15. The van der Waals surface area contributed by atoms with Crippen molar-refractivity contribution in [1.29, 1.82) is 0 Å². The van der Waals surface area contributed by atoms with Crippen LogP contribution in [-0.2, 0) is 6.54 Å². The first kappa shape index (κ1) is 19.2. The zero-order chi connectivity index (χ0) is 20.5. The quantitative estimate of drug-likeness (QED) is 0.535. The van der Waals surface area contributed by atoms with E-state index in [0.29, 0.717) is 43.8 Å². The normalized spacial score (nSPS) is 15.7. The van der Waals surface area contributed by atoms with E-state index < -0.39 is 16.3 Å². The van der Waals surface area contributed by atoms with E-state index in [0.717, 1.165) is 0 Å². The zero-order valence-corrected chi connectivity index (χ0v) is 15.5. The minimum absolute atomic E-state index is 0.0467. The summed E-state index contributed by atoms with van der Waals surface area (Å²) in [6, 6.07) is 9.76. The number of halogens is 1. The summed E-state index contributed by atoms with van der Waals surface area (Å²) in [5.41, 5.74) is -0.421. The number of hydrogen-bond acceptors (Lipinski definition) is 6. The van der Waals surface area contributed by atoms with Gasteiger partial charge in [0, 0.05) is 25.2 Å². The lowest BCUT2D eigenvalue weighted by Gasteiger charge is -2.29. The molecule has 150 valence electrons. The van der Waals surface area contributed by atoms with Crippen molar-refractivity contribution in [3.63, 3.8) is 0 Å². The van der Waals surface area contributed by atoms with Gasteiger partial charge in [-0.3, -0.25) is 24.4 Å². The molecular weight excluding hydrogens is 379 g/mol. The molecule has 0 spiro atoms. The van der Waals surface area contributed by atoms with Gasteiger partial charge in [-0.2, -0.15) is 0 Å². The number of aliphatic hydroxyl groups is 1. The van der Waals surface area contributed by atoms with Gasteiger partial charge in [-0.15, -0.1) is 0 Å². The molecule has 0 unspecified atom stereocenters. The van der Waals surface area contributed by atoms with Crippen LogP contribution in [0.4, 0.5) is 10.1 Å². The van der Waals surface area contributed by atoms with Crippen molar-refractivity contribution in [3.05, 3.63) is 74.6 Å². The van der Waals surface area contributed by atoms with Gasteiger partial charge in [-0.1, -0.05) is 12.1 Å². The maximum atomic E-state index is 14.5. The topological polar surface area (TPSA) is 102 Å². The molecule has 0 saturated carbocycles. The van der Waals surface area contributed by atoms with Gasteiger partial charge in [0.1, 0.15) is 11.6 Å². The van der Waals surface area contributed by atoms with Crippen molar-refractivity contribution in [2.45, 2.75) is 25.5 Å². The number of aliphatic hydroxyl groups excluding tert-OH is 1. The van der Waals surface area contributed by atoms with Gasteiger partial charge in [0.05, 0.1) is 34.2 Å². The third-order valence-electron chi connectivity index (χ3n) is 5.15. The molecule has 29 heavy (non-hydrogen) atoms. The predicted molar refractivity (Wildman–Crippen MR) is 104 cm³/mol. The van der Waals surface area contributed by atoms with Gasteiger partial charge in [-0.05, 0) is 31.0 Å². The average Bonchev–Trinajstić information content (AvgIpc) is 2.71. The Labute approximate surface area is 165 Å². The first-order valence-corrected chi connectivity index (χ1v) is 9.29. The number of piperidine rings is 1. The fraction of sp³-hybridized carbons (Fsp3) is 0.300. The van der Waals surface area contributed by atoms with Crippen LogP contribution in [0.1, 0.15) is 18.7 Å². The summed E-state index contributed by atoms with van der Waals surface area (Å²) in [6.07, 6.45) is 0.887. The summed E-state index contributed by atoms with van der Waals surface area (Å²) in [5, 5.41) is 20.9. The Morgan fingerprint density at radius 3 is 2.62 bits per heavy atom. The van der Waals surface area contributed by atoms with E-state index in [9.17, 15) is 24.4 Å². The number of likely N-dealkylation sites (tertiary alicyclic amines) is 1. The maximum absolute atomic E-state index is 14.5. The van der Waals surface area contributed by atoms with Crippen LogP contribution in [0.15, 0.2) is 47.3 Å². The second kappa shape index (κ2) is 7.69. The van der Waals surface area contributed by atoms with Crippen LogP contribution in [0.2, 0.25) is 0 Å². The first-order valence-electron chi connectivity index (χ1n) is 9.29. The monoisotopic (exact) mass is 398 g/mol. The van der Waals surface area contributed by atoms with Crippen LogP contribution in [0.3, 0.4) is 0 Å². The number of aromatic nitrogens is 2. The number of fused-ring (bicyclic) bond motifs is 1. The van der Waals surface area contributed by atoms with Crippen molar-refractivity contribution in [2.75, 3.05) is 13.1 Å². The molecule has 0 bridgehead atoms. The van der Waals surface area contributed by atoms with Crippen LogP contribution in [0.25, 0.3) is 16.6 Å². The Morgan fingerprint density at radius 1 is 1.21 bits per heavy atom. The summed E-state index contributed by atoms with van der Waals surface area (Å²) < 4.78 is 15.7. The Balaban J connectivity index is 1.89. The lowest BCUT2D eigenvalue weighted by Crippen LogP contribution is -2.37. The highest BCUT2D eigenvalue weighted by atomic mass is 19.1. The predicted octanol–water partition coefficient (Wildman–Crippen LogP) is 2.39. The Morgan fingerprint density at radius 2 is 1.93 bits per heavy atom. The number of para-hydroxylation sites is 1. The van der Waals surface area contributed by atoms with Crippen molar-refractivity contribution < 1.29 is 14.4 Å². The maximum Gasteiger partial charge on any atom is 0.270 e. The summed E-state index contributed by atoms with van der Waals surface area (Å²) in [7, 11) is 0. The number of rotatable bonds is 4. The number of non-ortho nitro benzene ring substituents is 1. The van der Waals surface area contributed by atoms with Gasteiger partial charge in [-0.25, -0.2) is 9.37 Å². The minimum atomic E-state index is -0.587. The molecule has 1 aliphatic rings. The number of benzene rings is 2. The summed E-state index contributed by atoms with van der Waals surface area (Å²) in [4.78, 5) is 30.4. The molecule has 1 aliphatic heterocycles. The fourth-order valence-electron chi connectivity index (χ4n) is 3.60. The van der Waals surface area contributed by atoms with Crippen molar-refractivity contribution in [3.8, 4) is 5.69 Å². The molecule has 8 nitrogen and oxygen atoms in total. The molecule has 0 aliphatic carbocycles. The van der Waals surface area contributed by atoms with Gasteiger partial charge < -0.3 is 5.11 Å². The summed E-state index contributed by atoms with van der Waals surface area (Å²) in [5.74, 6) is -0.241. The van der Waals surface area contributed by atoms with Gasteiger partial charge in [0.2, 0.25) is 0 Å². The SMILES string of the molecule is O=c1c2cc([N+](=O)[O-])ccc2nc(CN2CCC(O)CC2)n1-c1ccccc1F. The van der Waals surface area contributed by atoms with E-state index >= 15 is 0 Å². The second-order valence-corrected chi connectivity index (χ2v) is 7.09. The van der Waals surface area contributed by atoms with Crippen LogP contribution in [0, 0.1) is 15.9 Å². The highest BCUT2D eigenvalue weighted by molar-refractivity contribution is 5.80. The molecule has 1 fully saturated rings. The van der Waals surface area contributed by atoms with E-state index in [2.05, 4.69) is 4.98 Å².